The van der Waals surface area contributed by atoms with Crippen molar-refractivity contribution in [1.82, 2.24) is 15.6 Å². The van der Waals surface area contributed by atoms with E-state index >= 15 is 0 Å². The van der Waals surface area contributed by atoms with Gasteiger partial charge in [0.1, 0.15) is 24.2 Å². The van der Waals surface area contributed by atoms with Crippen LogP contribution in [0.5, 0.6) is 5.75 Å². The van der Waals surface area contributed by atoms with Crippen LogP contribution in [-0.2, 0) is 4.79 Å². The van der Waals surface area contributed by atoms with Crippen LogP contribution in [0, 0.1) is 5.82 Å². The fourth-order valence-corrected chi connectivity index (χ4v) is 2.34. The molecule has 0 spiro atoms. The number of rotatable bonds is 9. The summed E-state index contributed by atoms with van der Waals surface area (Å²) in [6.45, 7) is 5.00. The zero-order valence-electron chi connectivity index (χ0n) is 16.5. The van der Waals surface area contributed by atoms with E-state index < -0.39 is 0 Å². The van der Waals surface area contributed by atoms with Crippen molar-refractivity contribution in [1.29, 1.82) is 0 Å². The number of amides is 1. The van der Waals surface area contributed by atoms with Crippen LogP contribution in [0.1, 0.15) is 20.3 Å². The van der Waals surface area contributed by atoms with Crippen molar-refractivity contribution in [3.63, 3.8) is 0 Å². The third-order valence-electron chi connectivity index (χ3n) is 3.72. The minimum Gasteiger partial charge on any atom is -0.489 e. The van der Waals surface area contributed by atoms with Crippen molar-refractivity contribution in [2.75, 3.05) is 25.0 Å². The summed E-state index contributed by atoms with van der Waals surface area (Å²) in [6, 6.07) is 9.55. The first kappa shape index (κ1) is 24.6. The van der Waals surface area contributed by atoms with E-state index in [0.717, 1.165) is 6.42 Å². The van der Waals surface area contributed by atoms with E-state index in [-0.39, 0.29) is 48.3 Å². The predicted octanol–water partition coefficient (Wildman–Crippen LogP) is 3.19. The number of aromatic nitrogens is 1. The normalized spacial score (nSPS) is 11.8. The van der Waals surface area contributed by atoms with E-state index in [2.05, 4.69) is 25.9 Å². The Morgan fingerprint density at radius 1 is 1.24 bits per heavy atom. The fraction of sp³-hybridized carbons (Fsp3) is 0.350. The van der Waals surface area contributed by atoms with E-state index in [1.807, 2.05) is 13.8 Å². The molecule has 1 aromatic carbocycles. The Kier molecular flexibility index (Phi) is 11.6. The molecule has 9 heteroatoms. The minimum atomic E-state index is -0.338. The number of hydrogen-bond acceptors (Lipinski definition) is 4. The zero-order valence-corrected chi connectivity index (χ0v) is 18.9. The van der Waals surface area contributed by atoms with E-state index in [4.69, 9.17) is 4.74 Å². The van der Waals surface area contributed by atoms with Crippen LogP contribution in [0.25, 0.3) is 0 Å². The van der Waals surface area contributed by atoms with Crippen molar-refractivity contribution < 1.29 is 13.9 Å². The van der Waals surface area contributed by atoms with Gasteiger partial charge in [-0.05, 0) is 37.6 Å². The van der Waals surface area contributed by atoms with Gasteiger partial charge in [-0.2, -0.15) is 0 Å². The van der Waals surface area contributed by atoms with Gasteiger partial charge in [0.15, 0.2) is 5.96 Å². The largest absolute Gasteiger partial charge is 0.489 e. The number of pyridine rings is 1. The molecule has 1 unspecified atom stereocenters. The second kappa shape index (κ2) is 13.7. The highest BCUT2D eigenvalue weighted by Crippen LogP contribution is 2.14. The first-order valence-corrected chi connectivity index (χ1v) is 9.25. The van der Waals surface area contributed by atoms with Crippen molar-refractivity contribution in [2.24, 2.45) is 4.99 Å². The Hall–Kier alpha value is -2.43. The summed E-state index contributed by atoms with van der Waals surface area (Å²) in [5.41, 5.74) is 0.621. The van der Waals surface area contributed by atoms with Crippen LogP contribution < -0.4 is 20.7 Å². The molecular weight excluding hydrogens is 488 g/mol. The van der Waals surface area contributed by atoms with Gasteiger partial charge in [0.25, 0.3) is 0 Å². The number of anilines is 1. The molecule has 0 fully saturated rings. The van der Waals surface area contributed by atoms with Gasteiger partial charge in [0, 0.05) is 18.8 Å². The second-order valence-corrected chi connectivity index (χ2v) is 5.97. The molecule has 1 amide bonds. The summed E-state index contributed by atoms with van der Waals surface area (Å²) in [6.07, 6.45) is 3.76. The number of ether oxygens (including phenoxy) is 1. The van der Waals surface area contributed by atoms with Gasteiger partial charge in [-0.25, -0.2) is 9.38 Å². The van der Waals surface area contributed by atoms with E-state index in [0.29, 0.717) is 30.5 Å². The molecule has 0 aliphatic rings. The molecule has 1 atom stereocenters. The topological polar surface area (TPSA) is 87.6 Å². The number of carbonyl (C=O) groups is 1. The standard InChI is InChI=1S/C20H26FN5O2.HI/c1-3-17(28-18-9-5-7-15(21)11-18)13-24-20(23-4-2)25-14-19(27)26-16-8-6-10-22-12-16;/h5-12,17H,3-4,13-14H2,1-2H3,(H,26,27)(H2,23,24,25);1H. The fourth-order valence-electron chi connectivity index (χ4n) is 2.34. The summed E-state index contributed by atoms with van der Waals surface area (Å²) < 4.78 is 19.1. The Morgan fingerprint density at radius 3 is 2.72 bits per heavy atom. The van der Waals surface area contributed by atoms with Gasteiger partial charge in [0.05, 0.1) is 18.4 Å². The summed E-state index contributed by atoms with van der Waals surface area (Å²) >= 11 is 0. The Bertz CT molecular complexity index is 776. The molecule has 0 radical (unpaired) electrons. The van der Waals surface area contributed by atoms with Crippen molar-refractivity contribution in [3.8, 4) is 5.75 Å². The third kappa shape index (κ3) is 9.55. The maximum atomic E-state index is 13.3. The Labute approximate surface area is 187 Å². The number of hydrogen-bond donors (Lipinski definition) is 3. The molecule has 0 aliphatic heterocycles. The second-order valence-electron chi connectivity index (χ2n) is 5.97. The number of nitrogens with zero attached hydrogens (tertiary/aromatic N) is 2. The first-order valence-electron chi connectivity index (χ1n) is 9.25. The Balaban J connectivity index is 0.00000420. The number of guanidine groups is 1. The van der Waals surface area contributed by atoms with Crippen molar-refractivity contribution in [2.45, 2.75) is 26.4 Å². The van der Waals surface area contributed by atoms with Gasteiger partial charge >= 0.3 is 0 Å². The number of carbonyl (C=O) groups excluding carboxylic acids is 1. The highest BCUT2D eigenvalue weighted by atomic mass is 127. The molecule has 0 saturated carbocycles. The lowest BCUT2D eigenvalue weighted by atomic mass is 10.2. The molecule has 1 heterocycles. The molecule has 0 aliphatic carbocycles. The molecular formula is C20H27FIN5O2. The lowest BCUT2D eigenvalue weighted by molar-refractivity contribution is -0.114. The highest BCUT2D eigenvalue weighted by molar-refractivity contribution is 14.0. The SMILES string of the molecule is CCNC(=NCC(=O)Nc1cccnc1)NCC(CC)Oc1cccc(F)c1.I. The van der Waals surface area contributed by atoms with Gasteiger partial charge < -0.3 is 20.7 Å². The number of benzene rings is 1. The third-order valence-corrected chi connectivity index (χ3v) is 3.72. The molecule has 7 nitrogen and oxygen atoms in total. The maximum absolute atomic E-state index is 13.3. The van der Waals surface area contributed by atoms with Crippen LogP contribution in [0.15, 0.2) is 53.8 Å². The van der Waals surface area contributed by atoms with Crippen LogP contribution in [0.4, 0.5) is 10.1 Å². The maximum Gasteiger partial charge on any atom is 0.246 e. The van der Waals surface area contributed by atoms with Crippen LogP contribution in [-0.4, -0.2) is 42.6 Å². The molecule has 29 heavy (non-hydrogen) atoms. The molecule has 1 aromatic heterocycles. The lowest BCUT2D eigenvalue weighted by Gasteiger charge is -2.20. The molecule has 2 rings (SSSR count). The zero-order chi connectivity index (χ0) is 20.2. The summed E-state index contributed by atoms with van der Waals surface area (Å²) in [7, 11) is 0. The minimum absolute atomic E-state index is 0. The predicted molar refractivity (Wildman–Crippen MR) is 123 cm³/mol. The number of nitrogens with one attached hydrogen (secondary N) is 3. The first-order chi connectivity index (χ1) is 13.6. The summed E-state index contributed by atoms with van der Waals surface area (Å²) in [5.74, 6) is 0.402. The summed E-state index contributed by atoms with van der Waals surface area (Å²) in [5, 5.41) is 8.97. The van der Waals surface area contributed by atoms with Gasteiger partial charge in [-0.3, -0.25) is 9.78 Å². The van der Waals surface area contributed by atoms with Crippen LogP contribution in [0.2, 0.25) is 0 Å². The Morgan fingerprint density at radius 2 is 2.07 bits per heavy atom. The van der Waals surface area contributed by atoms with Gasteiger partial charge in [0.2, 0.25) is 5.91 Å². The van der Waals surface area contributed by atoms with Crippen molar-refractivity contribution >= 4 is 41.5 Å². The monoisotopic (exact) mass is 515 g/mol. The van der Waals surface area contributed by atoms with E-state index in [9.17, 15) is 9.18 Å². The van der Waals surface area contributed by atoms with Gasteiger partial charge in [-0.15, -0.1) is 24.0 Å². The van der Waals surface area contributed by atoms with Gasteiger partial charge in [-0.1, -0.05) is 13.0 Å². The average Bonchev–Trinajstić information content (AvgIpc) is 2.69. The average molecular weight is 515 g/mol. The number of halogens is 2. The molecule has 158 valence electrons. The van der Waals surface area contributed by atoms with E-state index in [1.54, 1.807) is 36.7 Å². The van der Waals surface area contributed by atoms with Crippen molar-refractivity contribution in [3.05, 3.63) is 54.6 Å². The molecule has 0 bridgehead atoms. The number of aliphatic imine (C=N–C) groups is 1. The summed E-state index contributed by atoms with van der Waals surface area (Å²) in [4.78, 5) is 20.3. The quantitative estimate of drug-likeness (QED) is 0.271. The molecule has 2 aromatic rings. The van der Waals surface area contributed by atoms with Crippen LogP contribution >= 0.6 is 24.0 Å². The van der Waals surface area contributed by atoms with E-state index in [1.165, 1.54) is 12.1 Å². The van der Waals surface area contributed by atoms with Crippen LogP contribution in [0.3, 0.4) is 0 Å². The smallest absolute Gasteiger partial charge is 0.246 e. The highest BCUT2D eigenvalue weighted by Gasteiger charge is 2.10. The lowest BCUT2D eigenvalue weighted by Crippen LogP contribution is -2.43. The molecule has 3 N–H and O–H groups in total. The molecule has 0 saturated heterocycles.